The second-order valence-corrected chi connectivity index (χ2v) is 14.8. The molecule has 0 spiro atoms. The molecular formula is C26H44N10O4S2. The molecule has 6 aliphatic heterocycles. The Bertz CT molecular complexity index is 1050. The summed E-state index contributed by atoms with van der Waals surface area (Å²) in [4.78, 5) is 30.2. The quantitative estimate of drug-likeness (QED) is 0.146. The first kappa shape index (κ1) is 29.7. The summed E-state index contributed by atoms with van der Waals surface area (Å²) in [5.41, 5.74) is 18.9. The van der Waals surface area contributed by atoms with Gasteiger partial charge in [0.25, 0.3) is 0 Å². The highest BCUT2D eigenvalue weighted by atomic mass is 32.2. The van der Waals surface area contributed by atoms with Gasteiger partial charge in [-0.05, 0) is 12.8 Å². The standard InChI is InChI=1S/C26H44N10O4S2/c27-14-3-1-2-4-15(14)31-26-33-23(19(22(28)38)24-34-30-12-36(24)26)32-17-10-29-25(41-17)13-11-40-20-16(37)9-18(42-21(13)20)35-5-7-39-8-6-35/h9,13-15,17,19-21,23-26,29-34H,1-8,10-12,27H2,(H2,28,38)/t13?,14-,15+,17?,19?,20?,21?,23?,24?,25?,26?/m1/s1. The van der Waals surface area contributed by atoms with Crippen LogP contribution in [0.4, 0.5) is 0 Å². The number of hydrazine groups is 1. The van der Waals surface area contributed by atoms with E-state index in [-0.39, 0.29) is 64.3 Å². The van der Waals surface area contributed by atoms with Gasteiger partial charge in [-0.2, -0.15) is 0 Å². The maximum Gasteiger partial charge on any atom is 0.226 e. The number of ketones is 1. The molecule has 42 heavy (non-hydrogen) atoms. The first-order chi connectivity index (χ1) is 20.5. The molecule has 0 aromatic carbocycles. The van der Waals surface area contributed by atoms with Crippen LogP contribution in [0.5, 0.6) is 0 Å². The number of hydrogen-bond acceptors (Lipinski definition) is 15. The van der Waals surface area contributed by atoms with Crippen LogP contribution in [0.25, 0.3) is 0 Å². The summed E-state index contributed by atoms with van der Waals surface area (Å²) in [5, 5.41) is 16.1. The molecule has 1 saturated carbocycles. The van der Waals surface area contributed by atoms with Crippen molar-refractivity contribution in [2.45, 2.75) is 78.5 Å². The van der Waals surface area contributed by atoms with Gasteiger partial charge in [0.05, 0.1) is 65.8 Å². The molecule has 16 heteroatoms. The van der Waals surface area contributed by atoms with Crippen molar-refractivity contribution in [3.63, 3.8) is 0 Å². The number of ether oxygens (including phenoxy) is 2. The van der Waals surface area contributed by atoms with E-state index in [0.717, 1.165) is 43.9 Å². The molecule has 0 radical (unpaired) electrons. The number of primary amides is 1. The van der Waals surface area contributed by atoms with Crippen LogP contribution in [-0.2, 0) is 19.1 Å². The molecule has 10 N–H and O–H groups in total. The van der Waals surface area contributed by atoms with Crippen molar-refractivity contribution in [1.29, 1.82) is 0 Å². The third-order valence-corrected chi connectivity index (χ3v) is 12.6. The Kier molecular flexibility index (Phi) is 9.02. The van der Waals surface area contributed by atoms with Crippen LogP contribution in [-0.4, -0.2) is 120 Å². The zero-order valence-corrected chi connectivity index (χ0v) is 25.3. The molecule has 234 valence electrons. The molecule has 6 fully saturated rings. The van der Waals surface area contributed by atoms with Gasteiger partial charge >= 0.3 is 0 Å². The lowest BCUT2D eigenvalue weighted by molar-refractivity contribution is -0.130. The number of nitrogens with two attached hydrogens (primary N) is 2. The van der Waals surface area contributed by atoms with Gasteiger partial charge in [-0.15, -0.1) is 23.5 Å². The number of nitrogens with zero attached hydrogens (tertiary/aromatic N) is 2. The van der Waals surface area contributed by atoms with Crippen LogP contribution < -0.4 is 43.6 Å². The third kappa shape index (κ3) is 5.86. The number of carbonyl (C=O) groups excluding carboxylic acids is 2. The van der Waals surface area contributed by atoms with E-state index in [1.54, 1.807) is 17.8 Å². The summed E-state index contributed by atoms with van der Waals surface area (Å²) in [6.45, 7) is 4.82. The monoisotopic (exact) mass is 624 g/mol. The number of rotatable bonds is 7. The molecule has 6 heterocycles. The molecule has 7 rings (SSSR count). The summed E-state index contributed by atoms with van der Waals surface area (Å²) in [6.07, 6.45) is 4.97. The van der Waals surface area contributed by atoms with E-state index >= 15 is 0 Å². The number of nitrogens with one attached hydrogen (secondary N) is 6. The number of carbonyl (C=O) groups is 2. The average molecular weight is 625 g/mol. The first-order valence-electron chi connectivity index (χ1n) is 15.3. The van der Waals surface area contributed by atoms with Gasteiger partial charge in [-0.3, -0.25) is 25.5 Å². The molecule has 9 unspecified atom stereocenters. The number of hydrogen-bond donors (Lipinski definition) is 8. The average Bonchev–Trinajstić information content (AvgIpc) is 3.75. The van der Waals surface area contributed by atoms with Crippen molar-refractivity contribution in [3.8, 4) is 0 Å². The van der Waals surface area contributed by atoms with Gasteiger partial charge in [0.2, 0.25) is 5.91 Å². The van der Waals surface area contributed by atoms with Crippen molar-refractivity contribution >= 4 is 35.2 Å². The fourth-order valence-corrected chi connectivity index (χ4v) is 10.4. The van der Waals surface area contributed by atoms with E-state index in [1.807, 2.05) is 11.8 Å². The van der Waals surface area contributed by atoms with Gasteiger partial charge in [0.15, 0.2) is 5.78 Å². The van der Waals surface area contributed by atoms with E-state index < -0.39 is 12.0 Å². The van der Waals surface area contributed by atoms with Gasteiger partial charge in [-0.25, -0.2) is 15.8 Å². The molecule has 1 aliphatic carbocycles. The van der Waals surface area contributed by atoms with Crippen LogP contribution in [0.15, 0.2) is 11.1 Å². The van der Waals surface area contributed by atoms with Crippen LogP contribution in [0.3, 0.4) is 0 Å². The van der Waals surface area contributed by atoms with Crippen molar-refractivity contribution in [3.05, 3.63) is 11.1 Å². The summed E-state index contributed by atoms with van der Waals surface area (Å²) < 4.78 is 11.6. The fourth-order valence-electron chi connectivity index (χ4n) is 7.36. The van der Waals surface area contributed by atoms with Crippen molar-refractivity contribution in [2.75, 3.05) is 46.1 Å². The summed E-state index contributed by atoms with van der Waals surface area (Å²) in [7, 11) is 0. The van der Waals surface area contributed by atoms with Crippen molar-refractivity contribution < 1.29 is 19.1 Å². The molecule has 0 aromatic heterocycles. The maximum absolute atomic E-state index is 13.0. The maximum atomic E-state index is 13.0. The topological polar surface area (TPSA) is 183 Å². The molecule has 7 aliphatic rings. The van der Waals surface area contributed by atoms with Crippen LogP contribution in [0.2, 0.25) is 0 Å². The van der Waals surface area contributed by atoms with Gasteiger partial charge in [0, 0.05) is 43.7 Å². The zero-order chi connectivity index (χ0) is 28.8. The molecule has 1 amide bonds. The second-order valence-electron chi connectivity index (χ2n) is 12.2. The smallest absolute Gasteiger partial charge is 0.226 e. The minimum absolute atomic E-state index is 0.0467. The fraction of sp³-hybridized carbons (Fsp3) is 0.846. The lowest BCUT2D eigenvalue weighted by Crippen LogP contribution is -2.76. The first-order valence-corrected chi connectivity index (χ1v) is 17.1. The van der Waals surface area contributed by atoms with Gasteiger partial charge < -0.3 is 31.2 Å². The number of morpholine rings is 1. The Morgan fingerprint density at radius 1 is 1.17 bits per heavy atom. The highest BCUT2D eigenvalue weighted by molar-refractivity contribution is 8.04. The highest BCUT2D eigenvalue weighted by Gasteiger charge is 2.52. The minimum atomic E-state index is -0.496. The summed E-state index contributed by atoms with van der Waals surface area (Å²) in [5.74, 6) is -0.618. The Morgan fingerprint density at radius 3 is 2.81 bits per heavy atom. The summed E-state index contributed by atoms with van der Waals surface area (Å²) >= 11 is 3.58. The lowest BCUT2D eigenvalue weighted by Gasteiger charge is -2.48. The largest absolute Gasteiger partial charge is 0.378 e. The second kappa shape index (κ2) is 12.8. The molecule has 0 aromatic rings. The Morgan fingerprint density at radius 2 is 2.00 bits per heavy atom. The Labute approximate surface area is 254 Å². The molecule has 14 nitrogen and oxygen atoms in total. The van der Waals surface area contributed by atoms with Crippen LogP contribution in [0, 0.1) is 11.8 Å². The zero-order valence-electron chi connectivity index (χ0n) is 23.7. The van der Waals surface area contributed by atoms with E-state index in [4.69, 9.17) is 20.9 Å². The molecule has 11 atom stereocenters. The number of fused-ring (bicyclic) bond motifs is 2. The molecule has 0 bridgehead atoms. The minimum Gasteiger partial charge on any atom is -0.378 e. The van der Waals surface area contributed by atoms with Gasteiger partial charge in [0.1, 0.15) is 12.4 Å². The molecule has 5 saturated heterocycles. The lowest BCUT2D eigenvalue weighted by atomic mass is 9.90. The molecular weight excluding hydrogens is 580 g/mol. The Hall–Kier alpha value is -1.02. The Balaban J connectivity index is 1.01. The predicted molar refractivity (Wildman–Crippen MR) is 160 cm³/mol. The van der Waals surface area contributed by atoms with E-state index in [9.17, 15) is 9.59 Å². The van der Waals surface area contributed by atoms with Crippen molar-refractivity contribution in [2.24, 2.45) is 23.3 Å². The summed E-state index contributed by atoms with van der Waals surface area (Å²) in [6, 6.07) is 0.316. The number of thioether (sulfide) groups is 2. The predicted octanol–water partition coefficient (Wildman–Crippen LogP) is -2.69. The third-order valence-electron chi connectivity index (χ3n) is 9.64. The van der Waals surface area contributed by atoms with E-state index in [2.05, 4.69) is 41.9 Å². The van der Waals surface area contributed by atoms with E-state index in [0.29, 0.717) is 26.5 Å². The SMILES string of the molecule is NC(=O)C1C(NC2CNC(C3COC4C(=O)C=C(N5CCOCC5)SC43)S2)NC(N[C@H]2CCCC[C@H]2N)N2CNNC12. The highest BCUT2D eigenvalue weighted by Crippen LogP contribution is 2.45. The van der Waals surface area contributed by atoms with E-state index in [1.165, 1.54) is 6.42 Å². The van der Waals surface area contributed by atoms with Gasteiger partial charge in [-0.1, -0.05) is 12.8 Å². The normalized spacial score (nSPS) is 44.6. The van der Waals surface area contributed by atoms with Crippen LogP contribution in [0.1, 0.15) is 25.7 Å². The van der Waals surface area contributed by atoms with Crippen LogP contribution >= 0.6 is 23.5 Å². The van der Waals surface area contributed by atoms with Crippen molar-refractivity contribution in [1.82, 2.24) is 41.9 Å². The number of amides is 1.